The van der Waals surface area contributed by atoms with Crippen molar-refractivity contribution in [1.82, 2.24) is 15.1 Å². The Hall–Kier alpha value is -1.45. The van der Waals surface area contributed by atoms with Gasteiger partial charge in [0, 0.05) is 58.2 Å². The summed E-state index contributed by atoms with van der Waals surface area (Å²) in [5.41, 5.74) is 0.461. The van der Waals surface area contributed by atoms with Crippen molar-refractivity contribution in [2.75, 3.05) is 39.3 Å². The predicted octanol–water partition coefficient (Wildman–Crippen LogP) is 2.82. The zero-order chi connectivity index (χ0) is 18.4. The molecule has 1 heterocycles. The molecule has 1 aliphatic rings. The molecule has 146 valence electrons. The zero-order valence-corrected chi connectivity index (χ0v) is 17.8. The Morgan fingerprint density at radius 3 is 2.38 bits per heavy atom. The SMILES string of the molecule is CCNC(=NCC(C)c1ccc(F)cc1F)N1CCN(C(C)=O)CC1.I. The molecule has 0 bridgehead atoms. The second-order valence-corrected chi connectivity index (χ2v) is 6.25. The number of piperazine rings is 1. The van der Waals surface area contributed by atoms with Crippen molar-refractivity contribution in [2.24, 2.45) is 4.99 Å². The number of aliphatic imine (C=N–C) groups is 1. The van der Waals surface area contributed by atoms with E-state index < -0.39 is 11.6 Å². The van der Waals surface area contributed by atoms with E-state index in [9.17, 15) is 13.6 Å². The number of benzene rings is 1. The van der Waals surface area contributed by atoms with Crippen LogP contribution >= 0.6 is 24.0 Å². The fraction of sp³-hybridized carbons (Fsp3) is 0.556. The monoisotopic (exact) mass is 480 g/mol. The molecule has 1 fully saturated rings. The minimum atomic E-state index is -0.575. The first kappa shape index (κ1) is 22.6. The predicted molar refractivity (Wildman–Crippen MR) is 110 cm³/mol. The number of carbonyl (C=O) groups excluding carboxylic acids is 1. The molecule has 1 aromatic carbocycles. The fourth-order valence-electron chi connectivity index (χ4n) is 2.88. The molecule has 0 saturated carbocycles. The molecule has 1 N–H and O–H groups in total. The Balaban J connectivity index is 0.00000338. The molecule has 1 aromatic rings. The molecule has 0 aromatic heterocycles. The number of hydrogen-bond acceptors (Lipinski definition) is 2. The van der Waals surface area contributed by atoms with Crippen LogP contribution in [0.15, 0.2) is 23.2 Å². The number of nitrogens with zero attached hydrogens (tertiary/aromatic N) is 3. The van der Waals surface area contributed by atoms with Crippen molar-refractivity contribution in [3.8, 4) is 0 Å². The maximum absolute atomic E-state index is 13.9. The summed E-state index contributed by atoms with van der Waals surface area (Å²) in [5.74, 6) is -0.425. The van der Waals surface area contributed by atoms with Crippen LogP contribution in [0.25, 0.3) is 0 Å². The van der Waals surface area contributed by atoms with Crippen molar-refractivity contribution in [3.63, 3.8) is 0 Å². The lowest BCUT2D eigenvalue weighted by molar-refractivity contribution is -0.130. The third kappa shape index (κ3) is 6.07. The lowest BCUT2D eigenvalue weighted by Gasteiger charge is -2.36. The van der Waals surface area contributed by atoms with Crippen LogP contribution in [0.3, 0.4) is 0 Å². The van der Waals surface area contributed by atoms with Gasteiger partial charge in [-0.25, -0.2) is 8.78 Å². The summed E-state index contributed by atoms with van der Waals surface area (Å²) < 4.78 is 26.9. The van der Waals surface area contributed by atoms with Crippen molar-refractivity contribution < 1.29 is 13.6 Å². The van der Waals surface area contributed by atoms with Gasteiger partial charge in [0.05, 0.1) is 0 Å². The second-order valence-electron chi connectivity index (χ2n) is 6.25. The van der Waals surface area contributed by atoms with Gasteiger partial charge < -0.3 is 15.1 Å². The van der Waals surface area contributed by atoms with E-state index in [1.54, 1.807) is 6.92 Å². The molecular weight excluding hydrogens is 453 g/mol. The normalized spacial score (nSPS) is 16.1. The second kappa shape index (κ2) is 10.6. The molecule has 1 amide bonds. The van der Waals surface area contributed by atoms with Crippen LogP contribution in [0, 0.1) is 11.6 Å². The smallest absolute Gasteiger partial charge is 0.219 e. The summed E-state index contributed by atoms with van der Waals surface area (Å²) in [5, 5.41) is 3.25. The van der Waals surface area contributed by atoms with Crippen LogP contribution in [0.1, 0.15) is 32.3 Å². The summed E-state index contributed by atoms with van der Waals surface area (Å²) in [6.45, 7) is 9.33. The Morgan fingerprint density at radius 1 is 1.23 bits per heavy atom. The molecular formula is C18H27F2IN4O. The minimum Gasteiger partial charge on any atom is -0.357 e. The molecule has 1 atom stereocenters. The molecule has 1 unspecified atom stereocenters. The van der Waals surface area contributed by atoms with Gasteiger partial charge in [-0.3, -0.25) is 9.79 Å². The maximum atomic E-state index is 13.9. The molecule has 1 aliphatic heterocycles. The van der Waals surface area contributed by atoms with E-state index in [1.165, 1.54) is 12.1 Å². The minimum absolute atomic E-state index is 0. The van der Waals surface area contributed by atoms with Crippen molar-refractivity contribution in [1.29, 1.82) is 0 Å². The average Bonchev–Trinajstić information content (AvgIpc) is 2.58. The van der Waals surface area contributed by atoms with Gasteiger partial charge in [-0.05, 0) is 18.6 Å². The summed E-state index contributed by atoms with van der Waals surface area (Å²) in [6, 6.07) is 3.65. The van der Waals surface area contributed by atoms with Gasteiger partial charge in [0.25, 0.3) is 0 Å². The first-order valence-corrected chi connectivity index (χ1v) is 8.66. The highest BCUT2D eigenvalue weighted by molar-refractivity contribution is 14.0. The van der Waals surface area contributed by atoms with Crippen LogP contribution in [0.4, 0.5) is 8.78 Å². The Morgan fingerprint density at radius 2 is 1.85 bits per heavy atom. The summed E-state index contributed by atoms with van der Waals surface area (Å²) in [6.07, 6.45) is 0. The molecule has 0 aliphatic carbocycles. The fourth-order valence-corrected chi connectivity index (χ4v) is 2.88. The largest absolute Gasteiger partial charge is 0.357 e. The van der Waals surface area contributed by atoms with Gasteiger partial charge in [0.15, 0.2) is 5.96 Å². The highest BCUT2D eigenvalue weighted by Gasteiger charge is 2.21. The summed E-state index contributed by atoms with van der Waals surface area (Å²) in [7, 11) is 0. The van der Waals surface area contributed by atoms with Gasteiger partial charge >= 0.3 is 0 Å². The van der Waals surface area contributed by atoms with E-state index in [4.69, 9.17) is 0 Å². The maximum Gasteiger partial charge on any atom is 0.219 e. The van der Waals surface area contributed by atoms with Crippen LogP contribution in [0.5, 0.6) is 0 Å². The highest BCUT2D eigenvalue weighted by Crippen LogP contribution is 2.20. The number of rotatable bonds is 4. The van der Waals surface area contributed by atoms with Gasteiger partial charge in [0.1, 0.15) is 11.6 Å². The van der Waals surface area contributed by atoms with Gasteiger partial charge in [-0.2, -0.15) is 0 Å². The van der Waals surface area contributed by atoms with Crippen molar-refractivity contribution in [3.05, 3.63) is 35.4 Å². The number of nitrogens with one attached hydrogen (secondary N) is 1. The van der Waals surface area contributed by atoms with Crippen molar-refractivity contribution >= 4 is 35.8 Å². The molecule has 26 heavy (non-hydrogen) atoms. The molecule has 1 saturated heterocycles. The van der Waals surface area contributed by atoms with E-state index in [0.29, 0.717) is 38.3 Å². The zero-order valence-electron chi connectivity index (χ0n) is 15.5. The molecule has 5 nitrogen and oxygen atoms in total. The van der Waals surface area contributed by atoms with Crippen LogP contribution in [-0.4, -0.2) is 60.9 Å². The van der Waals surface area contributed by atoms with E-state index >= 15 is 0 Å². The number of hydrogen-bond donors (Lipinski definition) is 1. The standard InChI is InChI=1S/C18H26F2N4O.HI/c1-4-21-18(24-9-7-23(8-10-24)14(3)25)22-12-13(2)16-6-5-15(19)11-17(16)20;/h5-6,11,13H,4,7-10,12H2,1-3H3,(H,21,22);1H. The van der Waals surface area contributed by atoms with E-state index in [-0.39, 0.29) is 35.8 Å². The lowest BCUT2D eigenvalue weighted by atomic mass is 10.0. The van der Waals surface area contributed by atoms with E-state index in [2.05, 4.69) is 15.2 Å². The van der Waals surface area contributed by atoms with Gasteiger partial charge in [-0.15, -0.1) is 24.0 Å². The van der Waals surface area contributed by atoms with E-state index in [1.807, 2.05) is 18.7 Å². The number of carbonyl (C=O) groups is 1. The number of guanidine groups is 1. The average molecular weight is 480 g/mol. The molecule has 2 rings (SSSR count). The Labute approximate surface area is 170 Å². The van der Waals surface area contributed by atoms with Crippen LogP contribution in [0.2, 0.25) is 0 Å². The third-order valence-electron chi connectivity index (χ3n) is 4.37. The lowest BCUT2D eigenvalue weighted by Crippen LogP contribution is -2.53. The van der Waals surface area contributed by atoms with Crippen LogP contribution < -0.4 is 5.32 Å². The van der Waals surface area contributed by atoms with Gasteiger partial charge in [0.2, 0.25) is 5.91 Å². The topological polar surface area (TPSA) is 47.9 Å². The molecule has 8 heteroatoms. The molecule has 0 radical (unpaired) electrons. The van der Waals surface area contributed by atoms with Crippen molar-refractivity contribution in [2.45, 2.75) is 26.7 Å². The summed E-state index contributed by atoms with van der Waals surface area (Å²) in [4.78, 5) is 20.0. The first-order chi connectivity index (χ1) is 11.9. The Bertz CT molecular complexity index is 634. The van der Waals surface area contributed by atoms with Gasteiger partial charge in [-0.1, -0.05) is 13.0 Å². The van der Waals surface area contributed by atoms with Crippen LogP contribution in [-0.2, 0) is 4.79 Å². The highest BCUT2D eigenvalue weighted by atomic mass is 127. The number of halogens is 3. The first-order valence-electron chi connectivity index (χ1n) is 8.66. The number of amides is 1. The van der Waals surface area contributed by atoms with E-state index in [0.717, 1.165) is 18.6 Å². The molecule has 0 spiro atoms. The Kier molecular flexibility index (Phi) is 9.24. The quantitative estimate of drug-likeness (QED) is 0.410. The summed E-state index contributed by atoms with van der Waals surface area (Å²) >= 11 is 0. The third-order valence-corrected chi connectivity index (χ3v) is 4.37.